The van der Waals surface area contributed by atoms with Crippen molar-refractivity contribution in [3.63, 3.8) is 0 Å². The molecule has 0 bridgehead atoms. The molecule has 6 nitrogen and oxygen atoms in total. The fraction of sp³-hybridized carbons (Fsp3) is 0.409. The van der Waals surface area contributed by atoms with Gasteiger partial charge in [-0.2, -0.15) is 8.78 Å². The lowest BCUT2D eigenvalue weighted by Crippen LogP contribution is -2.36. The minimum absolute atomic E-state index is 0.00915. The summed E-state index contributed by atoms with van der Waals surface area (Å²) in [7, 11) is 2.96. The number of carbonyl (C=O) groups excluding carboxylic acids is 1. The monoisotopic (exact) mass is 420 g/mol. The third-order valence-corrected chi connectivity index (χ3v) is 5.16. The average Bonchev–Trinajstić information content (AvgIpc) is 3.28. The smallest absolute Gasteiger partial charge is 0.387 e. The van der Waals surface area contributed by atoms with Gasteiger partial charge in [0.1, 0.15) is 5.75 Å². The number of benzene rings is 2. The van der Waals surface area contributed by atoms with Crippen LogP contribution in [0.2, 0.25) is 0 Å². The normalized spacial score (nSPS) is 15.1. The lowest BCUT2D eigenvalue weighted by atomic mass is 10.0. The van der Waals surface area contributed by atoms with Crippen LogP contribution in [0.4, 0.5) is 8.78 Å². The van der Waals surface area contributed by atoms with Gasteiger partial charge in [0.05, 0.1) is 20.3 Å². The van der Waals surface area contributed by atoms with E-state index in [1.54, 1.807) is 7.11 Å². The second-order valence-corrected chi connectivity index (χ2v) is 6.99. The number of hydrogen-bond donors (Lipinski definition) is 1. The molecule has 1 unspecified atom stereocenters. The zero-order chi connectivity index (χ0) is 21.5. The quantitative estimate of drug-likeness (QED) is 0.667. The van der Waals surface area contributed by atoms with Gasteiger partial charge in [-0.25, -0.2) is 0 Å². The summed E-state index contributed by atoms with van der Waals surface area (Å²) in [4.78, 5) is 15.1. The Morgan fingerprint density at radius 2 is 1.83 bits per heavy atom. The fourth-order valence-corrected chi connectivity index (χ4v) is 3.65. The summed E-state index contributed by atoms with van der Waals surface area (Å²) < 4.78 is 39.8. The topological polar surface area (TPSA) is 60.0 Å². The van der Waals surface area contributed by atoms with Crippen LogP contribution in [0.25, 0.3) is 0 Å². The molecule has 1 heterocycles. The van der Waals surface area contributed by atoms with Crippen molar-refractivity contribution in [2.45, 2.75) is 25.5 Å². The maximum Gasteiger partial charge on any atom is 0.387 e. The molecule has 8 heteroatoms. The van der Waals surface area contributed by atoms with E-state index in [-0.39, 0.29) is 23.4 Å². The van der Waals surface area contributed by atoms with Gasteiger partial charge in [-0.05, 0) is 61.8 Å². The number of halogens is 2. The number of amides is 1. The van der Waals surface area contributed by atoms with Crippen LogP contribution in [0, 0.1) is 0 Å². The van der Waals surface area contributed by atoms with Crippen LogP contribution in [0.15, 0.2) is 42.5 Å². The highest BCUT2D eigenvalue weighted by Crippen LogP contribution is 2.30. The first-order valence-electron chi connectivity index (χ1n) is 9.81. The van der Waals surface area contributed by atoms with Gasteiger partial charge < -0.3 is 19.5 Å². The first-order chi connectivity index (χ1) is 14.5. The molecule has 0 aliphatic carbocycles. The summed E-state index contributed by atoms with van der Waals surface area (Å²) >= 11 is 0. The molecule has 0 saturated carbocycles. The van der Waals surface area contributed by atoms with Crippen molar-refractivity contribution < 1.29 is 27.8 Å². The lowest BCUT2D eigenvalue weighted by molar-refractivity contribution is -0.0512. The Hall–Kier alpha value is -2.87. The number of ether oxygens (including phenoxy) is 3. The first-order valence-corrected chi connectivity index (χ1v) is 9.81. The predicted molar refractivity (Wildman–Crippen MR) is 109 cm³/mol. The minimum atomic E-state index is -2.97. The zero-order valence-electron chi connectivity index (χ0n) is 17.1. The molecule has 30 heavy (non-hydrogen) atoms. The van der Waals surface area contributed by atoms with E-state index in [2.05, 4.69) is 15.0 Å². The second kappa shape index (κ2) is 10.2. The van der Waals surface area contributed by atoms with Crippen molar-refractivity contribution in [3.8, 4) is 17.2 Å². The summed E-state index contributed by atoms with van der Waals surface area (Å²) in [6, 6.07) is 12.0. The van der Waals surface area contributed by atoms with Crippen molar-refractivity contribution in [3.05, 3.63) is 53.6 Å². The van der Waals surface area contributed by atoms with Gasteiger partial charge in [-0.15, -0.1) is 0 Å². The maximum atomic E-state index is 12.7. The van der Waals surface area contributed by atoms with Crippen molar-refractivity contribution in [2.24, 2.45) is 0 Å². The van der Waals surface area contributed by atoms with E-state index in [9.17, 15) is 13.6 Å². The molecule has 1 aliphatic rings. The van der Waals surface area contributed by atoms with Crippen LogP contribution in [0.1, 0.15) is 34.8 Å². The molecule has 0 aromatic heterocycles. The van der Waals surface area contributed by atoms with Crippen molar-refractivity contribution in [1.29, 1.82) is 0 Å². The standard InChI is InChI=1S/C22H26F2N2O4/c1-28-17-7-5-6-15(12-17)18(26-10-3-4-11-26)14-25-21(27)16-8-9-19(30-22(23)24)20(13-16)29-2/h5-9,12-13,18,22H,3-4,10-11,14H2,1-2H3,(H,25,27). The van der Waals surface area contributed by atoms with E-state index < -0.39 is 6.61 Å². The van der Waals surface area contributed by atoms with Gasteiger partial charge in [-0.1, -0.05) is 12.1 Å². The minimum Gasteiger partial charge on any atom is -0.497 e. The van der Waals surface area contributed by atoms with Crippen LogP contribution >= 0.6 is 0 Å². The van der Waals surface area contributed by atoms with Crippen molar-refractivity contribution >= 4 is 5.91 Å². The van der Waals surface area contributed by atoms with Gasteiger partial charge >= 0.3 is 6.61 Å². The summed E-state index contributed by atoms with van der Waals surface area (Å²) in [5.41, 5.74) is 1.37. The summed E-state index contributed by atoms with van der Waals surface area (Å²) in [6.07, 6.45) is 2.24. The average molecular weight is 420 g/mol. The van der Waals surface area contributed by atoms with E-state index in [0.29, 0.717) is 12.1 Å². The zero-order valence-corrected chi connectivity index (χ0v) is 17.1. The molecule has 2 aromatic rings. The predicted octanol–water partition coefficient (Wildman–Crippen LogP) is 3.87. The SMILES string of the molecule is COc1cccc(C(CNC(=O)c2ccc(OC(F)F)c(OC)c2)N2CCCC2)c1. The number of methoxy groups -OCH3 is 2. The van der Waals surface area contributed by atoms with Crippen molar-refractivity contribution in [2.75, 3.05) is 33.9 Å². The maximum absolute atomic E-state index is 12.7. The van der Waals surface area contributed by atoms with Crippen molar-refractivity contribution in [1.82, 2.24) is 10.2 Å². The van der Waals surface area contributed by atoms with Gasteiger partial charge in [0.25, 0.3) is 5.91 Å². The van der Waals surface area contributed by atoms with E-state index in [1.165, 1.54) is 25.3 Å². The number of nitrogens with zero attached hydrogens (tertiary/aromatic N) is 1. The Morgan fingerprint density at radius 3 is 2.50 bits per heavy atom. The van der Waals surface area contributed by atoms with Crippen LogP contribution in [-0.2, 0) is 0 Å². The molecular weight excluding hydrogens is 394 g/mol. The fourth-order valence-electron chi connectivity index (χ4n) is 3.65. The Bertz CT molecular complexity index is 857. The Labute approximate surface area is 174 Å². The van der Waals surface area contributed by atoms with E-state index >= 15 is 0 Å². The van der Waals surface area contributed by atoms with Gasteiger partial charge in [0.2, 0.25) is 0 Å². The Balaban J connectivity index is 1.74. The van der Waals surface area contributed by atoms with E-state index in [0.717, 1.165) is 37.2 Å². The highest BCUT2D eigenvalue weighted by atomic mass is 19.3. The summed E-state index contributed by atoms with van der Waals surface area (Å²) in [6.45, 7) is -0.636. The third-order valence-electron chi connectivity index (χ3n) is 5.16. The lowest BCUT2D eigenvalue weighted by Gasteiger charge is -2.28. The molecule has 1 saturated heterocycles. The van der Waals surface area contributed by atoms with Crippen LogP contribution in [0.3, 0.4) is 0 Å². The third kappa shape index (κ3) is 5.38. The van der Waals surface area contributed by atoms with E-state index in [1.807, 2.05) is 24.3 Å². The largest absolute Gasteiger partial charge is 0.497 e. The molecule has 2 aromatic carbocycles. The highest BCUT2D eigenvalue weighted by molar-refractivity contribution is 5.94. The Morgan fingerprint density at radius 1 is 1.07 bits per heavy atom. The number of nitrogens with one attached hydrogen (secondary N) is 1. The molecule has 1 atom stereocenters. The molecule has 1 fully saturated rings. The summed E-state index contributed by atoms with van der Waals surface area (Å²) in [5.74, 6) is 0.411. The van der Waals surface area contributed by atoms with Gasteiger partial charge in [-0.3, -0.25) is 9.69 Å². The number of hydrogen-bond acceptors (Lipinski definition) is 5. The number of alkyl halides is 2. The molecule has 3 rings (SSSR count). The molecule has 0 radical (unpaired) electrons. The van der Waals surface area contributed by atoms with Gasteiger partial charge in [0, 0.05) is 12.1 Å². The molecule has 1 N–H and O–H groups in total. The molecule has 162 valence electrons. The summed E-state index contributed by atoms with van der Waals surface area (Å²) in [5, 5.41) is 2.96. The highest BCUT2D eigenvalue weighted by Gasteiger charge is 2.25. The molecule has 1 aliphatic heterocycles. The molecule has 0 spiro atoms. The molecular formula is C22H26F2N2O4. The second-order valence-electron chi connectivity index (χ2n) is 6.99. The first kappa shape index (κ1) is 21.8. The van der Waals surface area contributed by atoms with Crippen LogP contribution < -0.4 is 19.5 Å². The van der Waals surface area contributed by atoms with Gasteiger partial charge in [0.15, 0.2) is 11.5 Å². The Kier molecular flexibility index (Phi) is 7.46. The molecule has 1 amide bonds. The van der Waals surface area contributed by atoms with E-state index in [4.69, 9.17) is 9.47 Å². The number of rotatable bonds is 9. The van der Waals surface area contributed by atoms with Crippen LogP contribution in [-0.4, -0.2) is 51.3 Å². The van der Waals surface area contributed by atoms with Crippen LogP contribution in [0.5, 0.6) is 17.2 Å². The number of carbonyl (C=O) groups is 1. The number of likely N-dealkylation sites (tertiary alicyclic amines) is 1.